The third-order valence-corrected chi connectivity index (χ3v) is 6.60. The molecule has 0 N–H and O–H groups in total. The highest BCUT2D eigenvalue weighted by molar-refractivity contribution is 7.99. The van der Waals surface area contributed by atoms with Crippen LogP contribution in [0.25, 0.3) is 32.0 Å². The lowest BCUT2D eigenvalue weighted by Crippen LogP contribution is -2.34. The van der Waals surface area contributed by atoms with Gasteiger partial charge in [-0.3, -0.25) is 4.98 Å². The number of hydrogen-bond acceptors (Lipinski definition) is 5. The van der Waals surface area contributed by atoms with E-state index in [0.717, 1.165) is 31.9 Å². The van der Waals surface area contributed by atoms with Gasteiger partial charge in [-0.15, -0.1) is 23.1 Å². The number of rotatable bonds is 4. The molecule has 0 atom stereocenters. The minimum atomic E-state index is -5.73. The predicted octanol–water partition coefficient (Wildman–Crippen LogP) is 6.01. The van der Waals surface area contributed by atoms with E-state index in [1.807, 2.05) is 19.1 Å². The van der Waals surface area contributed by atoms with Gasteiger partial charge in [0.1, 0.15) is 10.5 Å². The van der Waals surface area contributed by atoms with E-state index in [0.29, 0.717) is 17.4 Å². The summed E-state index contributed by atoms with van der Waals surface area (Å²) in [6.07, 6.45) is -3.06. The summed E-state index contributed by atoms with van der Waals surface area (Å²) in [6.45, 7) is 2.00. The standard InChI is InChI=1S/C18H13F5N4S2/c1-3-28-13-9-5-4-6-24-16(9)29-14(13)15-26-10-7-12(17(19,20)18(21,22)23)25-8-11(10)27(15)2/h4-8H,3H2,1-2H3. The first-order valence-corrected chi connectivity index (χ1v) is 10.2. The fourth-order valence-corrected chi connectivity index (χ4v) is 5.21. The average Bonchev–Trinajstić information content (AvgIpc) is 3.19. The van der Waals surface area contributed by atoms with E-state index in [1.54, 1.807) is 29.6 Å². The van der Waals surface area contributed by atoms with Crippen LogP contribution in [0.3, 0.4) is 0 Å². The Morgan fingerprint density at radius 3 is 2.62 bits per heavy atom. The second-order valence-corrected chi connectivity index (χ2v) is 8.45. The Morgan fingerprint density at radius 2 is 1.93 bits per heavy atom. The number of alkyl halides is 5. The number of aryl methyl sites for hydroxylation is 1. The first kappa shape index (κ1) is 20.0. The number of pyridine rings is 2. The monoisotopic (exact) mass is 444 g/mol. The smallest absolute Gasteiger partial charge is 0.325 e. The molecule has 0 fully saturated rings. The van der Waals surface area contributed by atoms with E-state index in [-0.39, 0.29) is 5.52 Å². The molecule has 0 aliphatic heterocycles. The van der Waals surface area contributed by atoms with E-state index in [4.69, 9.17) is 0 Å². The minimum absolute atomic E-state index is 0.0225. The summed E-state index contributed by atoms with van der Waals surface area (Å²) in [4.78, 5) is 14.6. The highest BCUT2D eigenvalue weighted by atomic mass is 32.2. The summed E-state index contributed by atoms with van der Waals surface area (Å²) in [6, 6.07) is 4.46. The molecule has 0 aliphatic rings. The molecule has 0 bridgehead atoms. The average molecular weight is 444 g/mol. The van der Waals surface area contributed by atoms with Gasteiger partial charge < -0.3 is 4.57 Å². The normalized spacial score (nSPS) is 12.9. The van der Waals surface area contributed by atoms with E-state index in [9.17, 15) is 22.0 Å². The number of nitrogens with zero attached hydrogens (tertiary/aromatic N) is 4. The van der Waals surface area contributed by atoms with Gasteiger partial charge in [-0.2, -0.15) is 22.0 Å². The molecule has 0 spiro atoms. The first-order chi connectivity index (χ1) is 13.6. The summed E-state index contributed by atoms with van der Waals surface area (Å²) in [5, 5.41) is 0.953. The molecule has 0 radical (unpaired) electrons. The van der Waals surface area contributed by atoms with Crippen LogP contribution in [-0.4, -0.2) is 31.4 Å². The molecule has 0 unspecified atom stereocenters. The molecule has 0 aliphatic carbocycles. The number of thiophene rings is 1. The first-order valence-electron chi connectivity index (χ1n) is 8.43. The lowest BCUT2D eigenvalue weighted by Gasteiger charge is -2.18. The van der Waals surface area contributed by atoms with Crippen molar-refractivity contribution >= 4 is 44.3 Å². The van der Waals surface area contributed by atoms with Gasteiger partial charge in [-0.1, -0.05) is 6.92 Å². The van der Waals surface area contributed by atoms with Gasteiger partial charge in [0.2, 0.25) is 0 Å². The van der Waals surface area contributed by atoms with E-state index >= 15 is 0 Å². The van der Waals surface area contributed by atoms with E-state index in [1.165, 1.54) is 11.3 Å². The van der Waals surface area contributed by atoms with Crippen LogP contribution in [0.15, 0.2) is 35.5 Å². The molecular formula is C18H13F5N4S2. The lowest BCUT2D eigenvalue weighted by atomic mass is 10.2. The maximum atomic E-state index is 13.7. The van der Waals surface area contributed by atoms with Crippen molar-refractivity contribution in [1.82, 2.24) is 19.5 Å². The van der Waals surface area contributed by atoms with Gasteiger partial charge in [0.05, 0.1) is 22.1 Å². The van der Waals surface area contributed by atoms with Crippen molar-refractivity contribution < 1.29 is 22.0 Å². The predicted molar refractivity (Wildman–Crippen MR) is 103 cm³/mol. The molecular weight excluding hydrogens is 431 g/mol. The molecule has 4 nitrogen and oxygen atoms in total. The van der Waals surface area contributed by atoms with Gasteiger partial charge in [-0.25, -0.2) is 9.97 Å². The summed E-state index contributed by atoms with van der Waals surface area (Å²) < 4.78 is 67.1. The number of imidazole rings is 1. The Morgan fingerprint density at radius 1 is 1.17 bits per heavy atom. The highest BCUT2D eigenvalue weighted by Gasteiger charge is 2.60. The molecule has 152 valence electrons. The largest absolute Gasteiger partial charge is 0.459 e. The Hall–Kier alpha value is -2.27. The van der Waals surface area contributed by atoms with Crippen molar-refractivity contribution in [3.05, 3.63) is 36.3 Å². The number of fused-ring (bicyclic) bond motifs is 2. The van der Waals surface area contributed by atoms with Crippen LogP contribution in [0.1, 0.15) is 12.6 Å². The minimum Gasteiger partial charge on any atom is -0.325 e. The molecule has 29 heavy (non-hydrogen) atoms. The maximum Gasteiger partial charge on any atom is 0.459 e. The molecule has 4 heterocycles. The van der Waals surface area contributed by atoms with Crippen LogP contribution in [0.4, 0.5) is 22.0 Å². The molecule has 0 saturated carbocycles. The van der Waals surface area contributed by atoms with Gasteiger partial charge in [0, 0.05) is 23.5 Å². The van der Waals surface area contributed by atoms with Crippen LogP contribution in [0.5, 0.6) is 0 Å². The molecule has 0 saturated heterocycles. The number of halogens is 5. The van der Waals surface area contributed by atoms with Crippen LogP contribution >= 0.6 is 23.1 Å². The molecule has 0 amide bonds. The third-order valence-electron chi connectivity index (χ3n) is 4.36. The number of hydrogen-bond donors (Lipinski definition) is 0. The topological polar surface area (TPSA) is 43.6 Å². The lowest BCUT2D eigenvalue weighted by molar-refractivity contribution is -0.290. The molecule has 4 rings (SSSR count). The van der Waals surface area contributed by atoms with Gasteiger partial charge in [0.15, 0.2) is 5.82 Å². The number of aromatic nitrogens is 4. The fourth-order valence-electron chi connectivity index (χ4n) is 2.95. The van der Waals surface area contributed by atoms with Crippen LogP contribution in [0, 0.1) is 0 Å². The molecule has 0 aromatic carbocycles. The van der Waals surface area contributed by atoms with Crippen LogP contribution < -0.4 is 0 Å². The highest BCUT2D eigenvalue weighted by Crippen LogP contribution is 2.45. The molecule has 4 aromatic heterocycles. The van der Waals surface area contributed by atoms with Crippen LogP contribution in [0.2, 0.25) is 0 Å². The summed E-state index contributed by atoms with van der Waals surface area (Å²) in [7, 11) is 1.67. The Balaban J connectivity index is 1.91. The van der Waals surface area contributed by atoms with Crippen molar-refractivity contribution in [3.63, 3.8) is 0 Å². The maximum absolute atomic E-state index is 13.7. The van der Waals surface area contributed by atoms with Crippen LogP contribution in [-0.2, 0) is 13.0 Å². The van der Waals surface area contributed by atoms with Gasteiger partial charge in [-0.05, 0) is 24.0 Å². The van der Waals surface area contributed by atoms with Crippen molar-refractivity contribution in [2.24, 2.45) is 7.05 Å². The Labute approximate surface area is 169 Å². The zero-order chi connectivity index (χ0) is 21.0. The zero-order valence-corrected chi connectivity index (χ0v) is 16.7. The van der Waals surface area contributed by atoms with E-state index in [2.05, 4.69) is 15.0 Å². The second-order valence-electron chi connectivity index (χ2n) is 6.17. The second kappa shape index (κ2) is 6.91. The van der Waals surface area contributed by atoms with Crippen molar-refractivity contribution in [2.75, 3.05) is 5.75 Å². The number of thioether (sulfide) groups is 1. The van der Waals surface area contributed by atoms with Gasteiger partial charge >= 0.3 is 12.1 Å². The quantitative estimate of drug-likeness (QED) is 0.286. The summed E-state index contributed by atoms with van der Waals surface area (Å²) in [5.41, 5.74) is -0.989. The van der Waals surface area contributed by atoms with E-state index < -0.39 is 17.8 Å². The van der Waals surface area contributed by atoms with Crippen molar-refractivity contribution in [3.8, 4) is 10.7 Å². The summed E-state index contributed by atoms with van der Waals surface area (Å²) >= 11 is 2.99. The fraction of sp³-hybridized carbons (Fsp3) is 0.278. The Kier molecular flexibility index (Phi) is 4.77. The van der Waals surface area contributed by atoms with Gasteiger partial charge in [0.25, 0.3) is 0 Å². The summed E-state index contributed by atoms with van der Waals surface area (Å²) in [5.74, 6) is -3.79. The zero-order valence-electron chi connectivity index (χ0n) is 15.1. The third kappa shape index (κ3) is 3.16. The van der Waals surface area contributed by atoms with Crippen molar-refractivity contribution in [2.45, 2.75) is 23.9 Å². The SMILES string of the molecule is CCSc1c(-c2nc3cc(C(F)(F)C(F)(F)F)ncc3n2C)sc2ncccc12. The molecule has 11 heteroatoms. The molecule has 4 aromatic rings. The van der Waals surface area contributed by atoms with Crippen molar-refractivity contribution in [1.29, 1.82) is 0 Å². The Bertz CT molecular complexity index is 1210.